The summed E-state index contributed by atoms with van der Waals surface area (Å²) in [6.07, 6.45) is 1.85. The van der Waals surface area contributed by atoms with E-state index in [0.717, 1.165) is 12.8 Å². The van der Waals surface area contributed by atoms with Crippen molar-refractivity contribution in [3.05, 3.63) is 0 Å². The molecule has 0 saturated carbocycles. The van der Waals surface area contributed by atoms with Gasteiger partial charge in [0.15, 0.2) is 0 Å². The summed E-state index contributed by atoms with van der Waals surface area (Å²) in [6.45, 7) is 12.4. The lowest BCUT2D eigenvalue weighted by Gasteiger charge is -2.30. The fourth-order valence-corrected chi connectivity index (χ4v) is 2.52. The Bertz CT molecular complexity index is 185. The Morgan fingerprint density at radius 1 is 0.938 bits per heavy atom. The van der Waals surface area contributed by atoms with Gasteiger partial charge in [0.05, 0.1) is 11.7 Å². The van der Waals surface area contributed by atoms with Gasteiger partial charge in [-0.25, -0.2) is 0 Å². The molecule has 2 nitrogen and oxygen atoms in total. The van der Waals surface area contributed by atoms with Gasteiger partial charge in [-0.1, -0.05) is 34.6 Å². The second-order valence-electron chi connectivity index (χ2n) is 6.47. The number of hydrogen-bond donors (Lipinski definition) is 2. The minimum atomic E-state index is -0.737. The third-order valence-corrected chi connectivity index (χ3v) is 3.00. The van der Waals surface area contributed by atoms with Crippen LogP contribution < -0.4 is 0 Å². The molecule has 0 aliphatic rings. The molecule has 0 bridgehead atoms. The predicted molar refractivity (Wildman–Crippen MR) is 69.3 cm³/mol. The van der Waals surface area contributed by atoms with Gasteiger partial charge in [0.2, 0.25) is 0 Å². The number of hydrogen-bond acceptors (Lipinski definition) is 2. The summed E-state index contributed by atoms with van der Waals surface area (Å²) in [6, 6.07) is 0. The van der Waals surface area contributed by atoms with Gasteiger partial charge in [-0.2, -0.15) is 0 Å². The SMILES string of the molecule is CC(C)CC(C)C(O)CC(C)(O)CC(C)C. The van der Waals surface area contributed by atoms with Crippen LogP contribution in [0.1, 0.15) is 60.8 Å². The molecule has 0 aromatic heterocycles. The van der Waals surface area contributed by atoms with Crippen molar-refractivity contribution in [3.8, 4) is 0 Å². The average molecular weight is 230 g/mol. The standard InChI is InChI=1S/C14H30O2/c1-10(2)7-12(5)13(15)9-14(6,16)8-11(3)4/h10-13,15-16H,7-9H2,1-6H3. The Morgan fingerprint density at radius 3 is 1.81 bits per heavy atom. The number of aliphatic hydroxyl groups is 2. The van der Waals surface area contributed by atoms with Crippen LogP contribution in [0.15, 0.2) is 0 Å². The Morgan fingerprint density at radius 2 is 1.44 bits per heavy atom. The third-order valence-electron chi connectivity index (χ3n) is 3.00. The lowest BCUT2D eigenvalue weighted by Crippen LogP contribution is -2.34. The smallest absolute Gasteiger partial charge is 0.0646 e. The fraction of sp³-hybridized carbons (Fsp3) is 1.00. The highest BCUT2D eigenvalue weighted by Gasteiger charge is 2.28. The zero-order valence-corrected chi connectivity index (χ0v) is 11.8. The Hall–Kier alpha value is -0.0800. The first-order chi connectivity index (χ1) is 7.14. The van der Waals surface area contributed by atoms with Gasteiger partial charge in [0.25, 0.3) is 0 Å². The van der Waals surface area contributed by atoms with Gasteiger partial charge in [-0.15, -0.1) is 0 Å². The molecule has 0 spiro atoms. The first-order valence-corrected chi connectivity index (χ1v) is 6.54. The van der Waals surface area contributed by atoms with E-state index in [1.807, 2.05) is 6.92 Å². The van der Waals surface area contributed by atoms with E-state index in [-0.39, 0.29) is 5.92 Å². The highest BCUT2D eigenvalue weighted by molar-refractivity contribution is 4.80. The lowest BCUT2D eigenvalue weighted by atomic mass is 9.83. The molecule has 3 atom stereocenters. The molecule has 3 unspecified atom stereocenters. The second kappa shape index (κ2) is 6.61. The summed E-state index contributed by atoms with van der Waals surface area (Å²) in [5.41, 5.74) is -0.737. The van der Waals surface area contributed by atoms with E-state index in [1.54, 1.807) is 0 Å². The molecule has 2 N–H and O–H groups in total. The van der Waals surface area contributed by atoms with Crippen LogP contribution in [0.3, 0.4) is 0 Å². The molecule has 0 aliphatic heterocycles. The number of rotatable bonds is 7. The van der Waals surface area contributed by atoms with E-state index in [2.05, 4.69) is 34.6 Å². The quantitative estimate of drug-likeness (QED) is 0.705. The number of aliphatic hydroxyl groups excluding tert-OH is 1. The molecule has 0 heterocycles. The molecular formula is C14H30O2. The zero-order chi connectivity index (χ0) is 12.9. The van der Waals surface area contributed by atoms with Crippen LogP contribution in [0.4, 0.5) is 0 Å². The lowest BCUT2D eigenvalue weighted by molar-refractivity contribution is -0.0283. The summed E-state index contributed by atoms with van der Waals surface area (Å²) in [4.78, 5) is 0. The normalized spacial score (nSPS) is 19.9. The highest BCUT2D eigenvalue weighted by Crippen LogP contribution is 2.26. The molecule has 0 rings (SSSR count). The van der Waals surface area contributed by atoms with Crippen molar-refractivity contribution < 1.29 is 10.2 Å². The van der Waals surface area contributed by atoms with E-state index in [1.165, 1.54) is 0 Å². The maximum atomic E-state index is 10.2. The fourth-order valence-electron chi connectivity index (χ4n) is 2.52. The van der Waals surface area contributed by atoms with Crippen LogP contribution in [0.25, 0.3) is 0 Å². The van der Waals surface area contributed by atoms with E-state index < -0.39 is 11.7 Å². The minimum Gasteiger partial charge on any atom is -0.393 e. The monoisotopic (exact) mass is 230 g/mol. The largest absolute Gasteiger partial charge is 0.393 e. The Labute approximate surface area is 101 Å². The third kappa shape index (κ3) is 7.24. The van der Waals surface area contributed by atoms with E-state index in [0.29, 0.717) is 18.3 Å². The maximum Gasteiger partial charge on any atom is 0.0646 e. The molecule has 0 radical (unpaired) electrons. The maximum absolute atomic E-state index is 10.2. The van der Waals surface area contributed by atoms with E-state index in [9.17, 15) is 10.2 Å². The molecule has 0 aromatic rings. The van der Waals surface area contributed by atoms with Crippen molar-refractivity contribution in [2.45, 2.75) is 72.5 Å². The summed E-state index contributed by atoms with van der Waals surface area (Å²) in [5.74, 6) is 1.32. The van der Waals surface area contributed by atoms with Crippen LogP contribution >= 0.6 is 0 Å². The van der Waals surface area contributed by atoms with Crippen LogP contribution in [0.2, 0.25) is 0 Å². The topological polar surface area (TPSA) is 40.5 Å². The zero-order valence-electron chi connectivity index (χ0n) is 11.8. The van der Waals surface area contributed by atoms with Crippen molar-refractivity contribution >= 4 is 0 Å². The van der Waals surface area contributed by atoms with Crippen LogP contribution in [-0.4, -0.2) is 21.9 Å². The van der Waals surface area contributed by atoms with Crippen molar-refractivity contribution in [2.24, 2.45) is 17.8 Å². The van der Waals surface area contributed by atoms with Gasteiger partial charge in [0, 0.05) is 6.42 Å². The molecule has 0 amide bonds. The molecule has 0 saturated heterocycles. The Kier molecular flexibility index (Phi) is 6.57. The van der Waals surface area contributed by atoms with Crippen molar-refractivity contribution in [1.82, 2.24) is 0 Å². The predicted octanol–water partition coefficient (Wildman–Crippen LogP) is 3.22. The summed E-state index contributed by atoms with van der Waals surface area (Å²) < 4.78 is 0. The molecular weight excluding hydrogens is 200 g/mol. The van der Waals surface area contributed by atoms with Gasteiger partial charge >= 0.3 is 0 Å². The van der Waals surface area contributed by atoms with E-state index in [4.69, 9.17) is 0 Å². The average Bonchev–Trinajstić information content (AvgIpc) is 1.98. The summed E-state index contributed by atoms with van der Waals surface area (Å²) >= 11 is 0. The van der Waals surface area contributed by atoms with Gasteiger partial charge < -0.3 is 10.2 Å². The van der Waals surface area contributed by atoms with Crippen LogP contribution in [0.5, 0.6) is 0 Å². The second-order valence-corrected chi connectivity index (χ2v) is 6.47. The van der Waals surface area contributed by atoms with Crippen LogP contribution in [-0.2, 0) is 0 Å². The molecule has 0 aromatic carbocycles. The molecule has 0 fully saturated rings. The highest BCUT2D eigenvalue weighted by atomic mass is 16.3. The van der Waals surface area contributed by atoms with E-state index >= 15 is 0 Å². The van der Waals surface area contributed by atoms with Crippen molar-refractivity contribution in [3.63, 3.8) is 0 Å². The van der Waals surface area contributed by atoms with Crippen molar-refractivity contribution in [1.29, 1.82) is 0 Å². The first-order valence-electron chi connectivity index (χ1n) is 6.54. The van der Waals surface area contributed by atoms with Gasteiger partial charge in [0.1, 0.15) is 0 Å². The molecule has 16 heavy (non-hydrogen) atoms. The molecule has 2 heteroatoms. The Balaban J connectivity index is 4.15. The van der Waals surface area contributed by atoms with Gasteiger partial charge in [-0.3, -0.25) is 0 Å². The van der Waals surface area contributed by atoms with Gasteiger partial charge in [-0.05, 0) is 37.5 Å². The molecule has 0 aliphatic carbocycles. The van der Waals surface area contributed by atoms with Crippen LogP contribution in [0, 0.1) is 17.8 Å². The summed E-state index contributed by atoms with van der Waals surface area (Å²) in [5, 5.41) is 20.2. The minimum absolute atomic E-state index is 0.263. The molecule has 98 valence electrons. The first kappa shape index (κ1) is 15.9. The summed E-state index contributed by atoms with van der Waals surface area (Å²) in [7, 11) is 0. The van der Waals surface area contributed by atoms with Crippen molar-refractivity contribution in [2.75, 3.05) is 0 Å².